The summed E-state index contributed by atoms with van der Waals surface area (Å²) in [7, 11) is 0. The van der Waals surface area contributed by atoms with Crippen LogP contribution in [0.4, 0.5) is 0 Å². The molecule has 0 amide bonds. The van der Waals surface area contributed by atoms with Gasteiger partial charge in [-0.1, -0.05) is 47.5 Å². The molecular weight excluding hydrogens is 368 g/mol. The molecule has 0 saturated heterocycles. The van der Waals surface area contributed by atoms with E-state index in [2.05, 4.69) is 36.2 Å². The zero-order valence-corrected chi connectivity index (χ0v) is 17.0. The molecule has 2 aromatic heterocycles. The predicted octanol–water partition coefficient (Wildman–Crippen LogP) is 5.13. The molecule has 142 valence electrons. The molecule has 4 nitrogen and oxygen atoms in total. The minimum Gasteiger partial charge on any atom is -0.492 e. The van der Waals surface area contributed by atoms with E-state index >= 15 is 0 Å². The van der Waals surface area contributed by atoms with E-state index in [1.165, 1.54) is 11.1 Å². The van der Waals surface area contributed by atoms with E-state index < -0.39 is 0 Å². The van der Waals surface area contributed by atoms with E-state index in [0.29, 0.717) is 18.5 Å². The summed E-state index contributed by atoms with van der Waals surface area (Å²) in [5, 5.41) is 0.698. The van der Waals surface area contributed by atoms with Crippen molar-refractivity contribution < 1.29 is 4.74 Å². The molecule has 5 heteroatoms. The summed E-state index contributed by atoms with van der Waals surface area (Å²) in [6.07, 6.45) is 1.62. The molecule has 4 aromatic rings. The van der Waals surface area contributed by atoms with E-state index in [-0.39, 0.29) is 5.56 Å². The number of fused-ring (bicyclic) bond motifs is 1. The molecule has 0 aliphatic rings. The minimum absolute atomic E-state index is 0.0163. The van der Waals surface area contributed by atoms with Gasteiger partial charge in [-0.25, -0.2) is 4.98 Å². The number of benzene rings is 2. The number of nitrogens with zero attached hydrogens (tertiary/aromatic N) is 2. The third kappa shape index (κ3) is 3.58. The topological polar surface area (TPSA) is 44.1 Å². The molecule has 0 atom stereocenters. The largest absolute Gasteiger partial charge is 0.492 e. The SMILES string of the molecule is Cc1ccc(OCCn2cnc3sc(C)c(-c4ccc(C)cc4)c3c2=O)cc1. The van der Waals surface area contributed by atoms with Crippen molar-refractivity contribution in [3.8, 4) is 16.9 Å². The number of aryl methyl sites for hydroxylation is 3. The fourth-order valence-electron chi connectivity index (χ4n) is 3.26. The fraction of sp³-hybridized carbons (Fsp3) is 0.217. The number of thiophene rings is 1. The van der Waals surface area contributed by atoms with Gasteiger partial charge in [-0.3, -0.25) is 9.36 Å². The van der Waals surface area contributed by atoms with Crippen LogP contribution in [-0.2, 0) is 6.54 Å². The molecule has 2 aromatic carbocycles. The number of aromatic nitrogens is 2. The Labute approximate surface area is 168 Å². The van der Waals surface area contributed by atoms with Gasteiger partial charge in [0.15, 0.2) is 0 Å². The van der Waals surface area contributed by atoms with Crippen LogP contribution in [0.1, 0.15) is 16.0 Å². The lowest BCUT2D eigenvalue weighted by Crippen LogP contribution is -2.23. The van der Waals surface area contributed by atoms with E-state index in [1.807, 2.05) is 38.1 Å². The first-order valence-corrected chi connectivity index (χ1v) is 10.1. The lowest BCUT2D eigenvalue weighted by atomic mass is 10.0. The second-order valence-corrected chi connectivity index (χ2v) is 8.19. The van der Waals surface area contributed by atoms with Crippen molar-refractivity contribution in [2.75, 3.05) is 6.61 Å². The van der Waals surface area contributed by atoms with E-state index in [9.17, 15) is 4.79 Å². The van der Waals surface area contributed by atoms with E-state index in [1.54, 1.807) is 22.2 Å². The van der Waals surface area contributed by atoms with Gasteiger partial charge < -0.3 is 4.74 Å². The molecule has 28 heavy (non-hydrogen) atoms. The maximum absolute atomic E-state index is 13.2. The standard InChI is InChI=1S/C23H22N2O2S/c1-15-4-8-18(9-5-15)20-17(3)28-22-21(20)23(26)25(14-24-22)12-13-27-19-10-6-16(2)7-11-19/h4-11,14H,12-13H2,1-3H3. The highest BCUT2D eigenvalue weighted by Crippen LogP contribution is 2.35. The van der Waals surface area contributed by atoms with Crippen LogP contribution in [0.15, 0.2) is 59.7 Å². The maximum atomic E-state index is 13.2. The molecule has 0 saturated carbocycles. The van der Waals surface area contributed by atoms with E-state index in [0.717, 1.165) is 26.6 Å². The molecule has 0 aliphatic carbocycles. The van der Waals surface area contributed by atoms with Crippen LogP contribution < -0.4 is 10.3 Å². The molecule has 0 N–H and O–H groups in total. The summed E-state index contributed by atoms with van der Waals surface area (Å²) < 4.78 is 7.42. The van der Waals surface area contributed by atoms with Crippen molar-refractivity contribution in [3.05, 3.63) is 81.2 Å². The molecule has 0 radical (unpaired) electrons. The number of ether oxygens (including phenoxy) is 1. The Balaban J connectivity index is 1.64. The van der Waals surface area contributed by atoms with Gasteiger partial charge in [0.05, 0.1) is 18.3 Å². The van der Waals surface area contributed by atoms with Crippen LogP contribution in [0, 0.1) is 20.8 Å². The second-order valence-electron chi connectivity index (χ2n) is 6.98. The molecule has 0 bridgehead atoms. The van der Waals surface area contributed by atoms with Crippen LogP contribution in [0.5, 0.6) is 5.75 Å². The minimum atomic E-state index is -0.0163. The second kappa shape index (κ2) is 7.60. The molecule has 0 fully saturated rings. The van der Waals surface area contributed by atoms with Crippen molar-refractivity contribution in [3.63, 3.8) is 0 Å². The van der Waals surface area contributed by atoms with Gasteiger partial charge in [-0.15, -0.1) is 11.3 Å². The molecule has 0 unspecified atom stereocenters. The third-order valence-corrected chi connectivity index (χ3v) is 5.83. The Kier molecular flexibility index (Phi) is 5.01. The first-order chi connectivity index (χ1) is 13.5. The fourth-order valence-corrected chi connectivity index (χ4v) is 4.26. The normalized spacial score (nSPS) is 11.1. The van der Waals surface area contributed by atoms with Crippen LogP contribution in [0.3, 0.4) is 0 Å². The van der Waals surface area contributed by atoms with Gasteiger partial charge in [-0.05, 0) is 38.5 Å². The Hall–Kier alpha value is -2.92. The van der Waals surface area contributed by atoms with Crippen LogP contribution in [0.2, 0.25) is 0 Å². The molecular formula is C23H22N2O2S. The Bertz CT molecular complexity index is 1170. The van der Waals surface area contributed by atoms with Crippen molar-refractivity contribution in [1.82, 2.24) is 9.55 Å². The Morgan fingerprint density at radius 3 is 2.29 bits per heavy atom. The zero-order valence-electron chi connectivity index (χ0n) is 16.2. The van der Waals surface area contributed by atoms with Gasteiger partial charge in [0.2, 0.25) is 0 Å². The van der Waals surface area contributed by atoms with Crippen molar-refractivity contribution in [2.24, 2.45) is 0 Å². The highest BCUT2D eigenvalue weighted by Gasteiger charge is 2.16. The molecule has 2 heterocycles. The molecule has 0 aliphatic heterocycles. The summed E-state index contributed by atoms with van der Waals surface area (Å²) in [6.45, 7) is 7.02. The first-order valence-electron chi connectivity index (χ1n) is 9.28. The lowest BCUT2D eigenvalue weighted by molar-refractivity contribution is 0.296. The van der Waals surface area contributed by atoms with E-state index in [4.69, 9.17) is 4.74 Å². The highest BCUT2D eigenvalue weighted by atomic mass is 32.1. The van der Waals surface area contributed by atoms with Crippen LogP contribution >= 0.6 is 11.3 Å². The van der Waals surface area contributed by atoms with Gasteiger partial charge in [0, 0.05) is 10.4 Å². The predicted molar refractivity (Wildman–Crippen MR) is 115 cm³/mol. The van der Waals surface area contributed by atoms with Gasteiger partial charge in [0.1, 0.15) is 17.2 Å². The smallest absolute Gasteiger partial charge is 0.262 e. The first kappa shape index (κ1) is 18.4. The summed E-state index contributed by atoms with van der Waals surface area (Å²) in [5.74, 6) is 0.805. The van der Waals surface area contributed by atoms with Crippen molar-refractivity contribution in [2.45, 2.75) is 27.3 Å². The third-order valence-electron chi connectivity index (χ3n) is 4.82. The van der Waals surface area contributed by atoms with Crippen molar-refractivity contribution in [1.29, 1.82) is 0 Å². The average Bonchev–Trinajstić information content (AvgIpc) is 3.03. The number of hydrogen-bond donors (Lipinski definition) is 0. The highest BCUT2D eigenvalue weighted by molar-refractivity contribution is 7.19. The summed E-state index contributed by atoms with van der Waals surface area (Å²) in [4.78, 5) is 19.6. The number of hydrogen-bond acceptors (Lipinski definition) is 4. The molecule has 4 rings (SSSR count). The Morgan fingerprint density at radius 1 is 0.964 bits per heavy atom. The van der Waals surface area contributed by atoms with Crippen LogP contribution in [-0.4, -0.2) is 16.2 Å². The quantitative estimate of drug-likeness (QED) is 0.474. The Morgan fingerprint density at radius 2 is 1.61 bits per heavy atom. The summed E-state index contributed by atoms with van der Waals surface area (Å²) in [5.41, 5.74) is 4.42. The van der Waals surface area contributed by atoms with Gasteiger partial charge in [-0.2, -0.15) is 0 Å². The maximum Gasteiger partial charge on any atom is 0.262 e. The zero-order chi connectivity index (χ0) is 19.7. The number of rotatable bonds is 5. The lowest BCUT2D eigenvalue weighted by Gasteiger charge is -2.09. The van der Waals surface area contributed by atoms with Gasteiger partial charge in [0.25, 0.3) is 5.56 Å². The molecule has 0 spiro atoms. The average molecular weight is 391 g/mol. The van der Waals surface area contributed by atoms with Crippen LogP contribution in [0.25, 0.3) is 21.3 Å². The van der Waals surface area contributed by atoms with Gasteiger partial charge >= 0.3 is 0 Å². The monoisotopic (exact) mass is 390 g/mol. The van der Waals surface area contributed by atoms with Crippen molar-refractivity contribution >= 4 is 21.6 Å². The summed E-state index contributed by atoms with van der Waals surface area (Å²) >= 11 is 1.57. The summed E-state index contributed by atoms with van der Waals surface area (Å²) in [6, 6.07) is 16.2.